The number of thiazole rings is 1. The van der Waals surface area contributed by atoms with Gasteiger partial charge in [-0.1, -0.05) is 41.6 Å². The van der Waals surface area contributed by atoms with Gasteiger partial charge in [-0.3, -0.25) is 0 Å². The van der Waals surface area contributed by atoms with Crippen molar-refractivity contribution in [1.29, 1.82) is 0 Å². The van der Waals surface area contributed by atoms with Crippen LogP contribution in [-0.2, 0) is 0 Å². The standard InChI is InChI=1S/C24H30ClN7S/c1-15-7-5-9-19(25)23(15)28-16(2)20-14-27-24(33-20)31-22-13-21(29-17(3)30-22)26-11-10-18-8-6-12-32(18)4/h5,7,9,13-14,18,28H,2,6,8,10-12H2,1,3-4H3,(H2,26,27,29,30,31). The van der Waals surface area contributed by atoms with Crippen LogP contribution in [0.2, 0.25) is 5.02 Å². The second-order valence-electron chi connectivity index (χ2n) is 8.37. The lowest BCUT2D eigenvalue weighted by molar-refractivity contribution is 0.301. The Morgan fingerprint density at radius 2 is 2.09 bits per heavy atom. The van der Waals surface area contributed by atoms with Crippen molar-refractivity contribution in [3.8, 4) is 0 Å². The zero-order valence-electron chi connectivity index (χ0n) is 19.3. The summed E-state index contributed by atoms with van der Waals surface area (Å²) in [5.41, 5.74) is 2.66. The van der Waals surface area contributed by atoms with Crippen LogP contribution in [0.3, 0.4) is 0 Å². The molecule has 1 saturated heterocycles. The third-order valence-corrected chi connectivity index (χ3v) is 7.12. The molecule has 1 aromatic carbocycles. The number of rotatable bonds is 9. The first-order valence-corrected chi connectivity index (χ1v) is 12.3. The number of para-hydroxylation sites is 1. The van der Waals surface area contributed by atoms with E-state index in [1.54, 1.807) is 6.20 Å². The molecule has 1 fully saturated rings. The lowest BCUT2D eigenvalue weighted by Crippen LogP contribution is -2.27. The fourth-order valence-corrected chi connectivity index (χ4v) is 5.03. The smallest absolute Gasteiger partial charge is 0.188 e. The fourth-order valence-electron chi connectivity index (χ4n) is 4.02. The molecule has 0 spiro atoms. The van der Waals surface area contributed by atoms with Gasteiger partial charge in [0.2, 0.25) is 0 Å². The van der Waals surface area contributed by atoms with E-state index in [0.717, 1.165) is 45.7 Å². The van der Waals surface area contributed by atoms with E-state index < -0.39 is 0 Å². The average molecular weight is 484 g/mol. The second-order valence-corrected chi connectivity index (χ2v) is 9.81. The molecule has 1 aliphatic rings. The third-order valence-electron chi connectivity index (χ3n) is 5.83. The summed E-state index contributed by atoms with van der Waals surface area (Å²) in [5.74, 6) is 2.24. The Balaban J connectivity index is 1.37. The van der Waals surface area contributed by atoms with Crippen molar-refractivity contribution < 1.29 is 0 Å². The van der Waals surface area contributed by atoms with Gasteiger partial charge < -0.3 is 20.9 Å². The van der Waals surface area contributed by atoms with Crippen molar-refractivity contribution in [2.75, 3.05) is 36.1 Å². The molecule has 0 aliphatic carbocycles. The van der Waals surface area contributed by atoms with Crippen LogP contribution in [0.15, 0.2) is 37.0 Å². The largest absolute Gasteiger partial charge is 0.370 e. The van der Waals surface area contributed by atoms with Crippen molar-refractivity contribution in [2.24, 2.45) is 0 Å². The minimum absolute atomic E-state index is 0.656. The molecule has 3 heterocycles. The van der Waals surface area contributed by atoms with Crippen molar-refractivity contribution in [3.63, 3.8) is 0 Å². The Morgan fingerprint density at radius 1 is 1.27 bits per heavy atom. The monoisotopic (exact) mass is 483 g/mol. The summed E-state index contributed by atoms with van der Waals surface area (Å²) < 4.78 is 0. The van der Waals surface area contributed by atoms with Gasteiger partial charge in [0.1, 0.15) is 17.5 Å². The van der Waals surface area contributed by atoms with Gasteiger partial charge in [0.15, 0.2) is 5.13 Å². The van der Waals surface area contributed by atoms with Gasteiger partial charge in [-0.05, 0) is 58.3 Å². The maximum atomic E-state index is 6.33. The maximum absolute atomic E-state index is 6.33. The summed E-state index contributed by atoms with van der Waals surface area (Å²) in [6.45, 7) is 10.1. The Bertz CT molecular complexity index is 1110. The Morgan fingerprint density at radius 3 is 2.85 bits per heavy atom. The number of aryl methyl sites for hydroxylation is 2. The first kappa shape index (κ1) is 23.5. The van der Waals surface area contributed by atoms with Crippen molar-refractivity contribution in [1.82, 2.24) is 19.9 Å². The molecule has 1 atom stereocenters. The number of anilines is 4. The van der Waals surface area contributed by atoms with Gasteiger partial charge >= 0.3 is 0 Å². The number of aromatic nitrogens is 3. The van der Waals surface area contributed by atoms with Crippen LogP contribution in [0.5, 0.6) is 0 Å². The highest BCUT2D eigenvalue weighted by atomic mass is 35.5. The number of likely N-dealkylation sites (tertiary alicyclic amines) is 1. The molecule has 174 valence electrons. The van der Waals surface area contributed by atoms with E-state index in [-0.39, 0.29) is 0 Å². The van der Waals surface area contributed by atoms with Crippen LogP contribution >= 0.6 is 22.9 Å². The first-order chi connectivity index (χ1) is 15.9. The summed E-state index contributed by atoms with van der Waals surface area (Å²) in [4.78, 5) is 16.9. The second kappa shape index (κ2) is 10.5. The summed E-state index contributed by atoms with van der Waals surface area (Å²) >= 11 is 7.83. The van der Waals surface area contributed by atoms with E-state index in [0.29, 0.717) is 22.7 Å². The SMILES string of the molecule is C=C(Nc1c(C)cccc1Cl)c1cnc(Nc2cc(NCCC3CCCN3C)nc(C)n2)s1. The van der Waals surface area contributed by atoms with E-state index in [1.807, 2.05) is 38.1 Å². The molecule has 7 nitrogen and oxygen atoms in total. The zero-order valence-corrected chi connectivity index (χ0v) is 20.9. The summed E-state index contributed by atoms with van der Waals surface area (Å²) in [7, 11) is 2.20. The predicted molar refractivity (Wildman–Crippen MR) is 140 cm³/mol. The van der Waals surface area contributed by atoms with Crippen LogP contribution in [0.4, 0.5) is 22.5 Å². The highest BCUT2D eigenvalue weighted by molar-refractivity contribution is 7.16. The molecule has 0 bridgehead atoms. The molecule has 1 unspecified atom stereocenters. The molecule has 0 radical (unpaired) electrons. The van der Waals surface area contributed by atoms with Crippen LogP contribution in [0.25, 0.3) is 5.70 Å². The highest BCUT2D eigenvalue weighted by Gasteiger charge is 2.20. The number of nitrogens with one attached hydrogen (secondary N) is 3. The molecule has 0 amide bonds. The number of hydrogen-bond acceptors (Lipinski definition) is 8. The molecule has 1 aliphatic heterocycles. The lowest BCUT2D eigenvalue weighted by Gasteiger charge is -2.19. The van der Waals surface area contributed by atoms with Gasteiger partial charge in [0.25, 0.3) is 0 Å². The number of nitrogens with zero attached hydrogens (tertiary/aromatic N) is 4. The van der Waals surface area contributed by atoms with Crippen LogP contribution in [0, 0.1) is 13.8 Å². The molecular weight excluding hydrogens is 454 g/mol. The summed E-state index contributed by atoms with van der Waals surface area (Å²) in [5, 5.41) is 11.5. The van der Waals surface area contributed by atoms with Gasteiger partial charge in [0.05, 0.1) is 21.3 Å². The van der Waals surface area contributed by atoms with Crippen molar-refractivity contribution in [3.05, 3.63) is 58.3 Å². The van der Waals surface area contributed by atoms with Crippen molar-refractivity contribution in [2.45, 2.75) is 39.2 Å². The normalized spacial score (nSPS) is 16.1. The average Bonchev–Trinajstić information content (AvgIpc) is 3.39. The van der Waals surface area contributed by atoms with Crippen molar-refractivity contribution >= 4 is 51.1 Å². The molecule has 3 aromatic rings. The van der Waals surface area contributed by atoms with E-state index in [2.05, 4.69) is 49.4 Å². The molecule has 3 N–H and O–H groups in total. The summed E-state index contributed by atoms with van der Waals surface area (Å²) in [6, 6.07) is 8.38. The molecule has 2 aromatic heterocycles. The number of halogens is 1. The topological polar surface area (TPSA) is 78.0 Å². The van der Waals surface area contributed by atoms with Gasteiger partial charge in [-0.2, -0.15) is 0 Å². The van der Waals surface area contributed by atoms with E-state index in [4.69, 9.17) is 11.6 Å². The van der Waals surface area contributed by atoms with Crippen LogP contribution in [-0.4, -0.2) is 46.0 Å². The predicted octanol–water partition coefficient (Wildman–Crippen LogP) is 5.93. The first-order valence-electron chi connectivity index (χ1n) is 11.1. The molecule has 4 rings (SSSR count). The Labute approximate surface area is 204 Å². The number of benzene rings is 1. The van der Waals surface area contributed by atoms with E-state index >= 15 is 0 Å². The fraction of sp³-hybridized carbons (Fsp3) is 0.375. The van der Waals surface area contributed by atoms with E-state index in [9.17, 15) is 0 Å². The lowest BCUT2D eigenvalue weighted by atomic mass is 10.1. The number of hydrogen-bond donors (Lipinski definition) is 3. The van der Waals surface area contributed by atoms with Gasteiger partial charge in [0, 0.05) is 24.8 Å². The Kier molecular flexibility index (Phi) is 7.47. The third kappa shape index (κ3) is 6.01. The maximum Gasteiger partial charge on any atom is 0.188 e. The summed E-state index contributed by atoms with van der Waals surface area (Å²) in [6.07, 6.45) is 5.46. The van der Waals surface area contributed by atoms with Gasteiger partial charge in [-0.25, -0.2) is 15.0 Å². The highest BCUT2D eigenvalue weighted by Crippen LogP contribution is 2.32. The molecule has 0 saturated carbocycles. The Hall–Kier alpha value is -2.68. The zero-order chi connectivity index (χ0) is 23.4. The van der Waals surface area contributed by atoms with Crippen LogP contribution < -0.4 is 16.0 Å². The molecule has 9 heteroatoms. The van der Waals surface area contributed by atoms with Gasteiger partial charge in [-0.15, -0.1) is 0 Å². The minimum atomic E-state index is 0.656. The minimum Gasteiger partial charge on any atom is -0.370 e. The molecular formula is C24H30ClN7S. The van der Waals surface area contributed by atoms with E-state index in [1.165, 1.54) is 30.7 Å². The molecule has 33 heavy (non-hydrogen) atoms. The quantitative estimate of drug-likeness (QED) is 0.348. The van der Waals surface area contributed by atoms with Crippen LogP contribution in [0.1, 0.15) is 35.5 Å².